The summed E-state index contributed by atoms with van der Waals surface area (Å²) in [5.41, 5.74) is 3.75. The topological polar surface area (TPSA) is 77.4 Å². The van der Waals surface area contributed by atoms with Crippen molar-refractivity contribution >= 4 is 0 Å². The zero-order valence-electron chi connectivity index (χ0n) is 25.4. The summed E-state index contributed by atoms with van der Waals surface area (Å²) in [7, 11) is 0. The molecule has 0 aromatic heterocycles. The maximum atomic E-state index is 10.8. The first-order chi connectivity index (χ1) is 19.9. The highest BCUT2D eigenvalue weighted by molar-refractivity contribution is 5.36. The predicted octanol–water partition coefficient (Wildman–Crippen LogP) is 6.80. The lowest BCUT2D eigenvalue weighted by atomic mass is 9.55. The predicted molar refractivity (Wildman–Crippen MR) is 163 cm³/mol. The van der Waals surface area contributed by atoms with Crippen molar-refractivity contribution in [2.24, 2.45) is 29.1 Å². The second kappa shape index (κ2) is 16.0. The number of hydrogen-bond donors (Lipinski definition) is 2. The maximum Gasteiger partial charge on any atom is 0.0894 e. The third kappa shape index (κ3) is 8.77. The van der Waals surface area contributed by atoms with E-state index in [0.717, 1.165) is 45.1 Å². The number of benzene rings is 1. The first kappa shape index (κ1) is 32.0. The van der Waals surface area contributed by atoms with E-state index in [4.69, 9.17) is 18.9 Å². The van der Waals surface area contributed by atoms with Gasteiger partial charge in [0.25, 0.3) is 0 Å². The number of rotatable bonds is 17. The number of aliphatic hydroxyl groups is 2. The number of unbranched alkanes of at least 4 members (excludes halogenated alkanes) is 1. The molecule has 1 aromatic rings. The largest absolute Gasteiger partial charge is 0.513 e. The molecule has 0 radical (unpaired) electrons. The Morgan fingerprint density at radius 2 is 1.59 bits per heavy atom. The van der Waals surface area contributed by atoms with Gasteiger partial charge in [-0.2, -0.15) is 0 Å². The average Bonchev–Trinajstić information content (AvgIpc) is 3.27. The van der Waals surface area contributed by atoms with Crippen LogP contribution in [-0.2, 0) is 25.6 Å². The van der Waals surface area contributed by atoms with Crippen molar-refractivity contribution in [3.8, 4) is 0 Å². The van der Waals surface area contributed by atoms with Gasteiger partial charge in [-0.15, -0.1) is 0 Å². The van der Waals surface area contributed by atoms with Crippen LogP contribution in [0.5, 0.6) is 0 Å². The summed E-state index contributed by atoms with van der Waals surface area (Å²) in [6.07, 6.45) is 12.7. The zero-order valence-corrected chi connectivity index (χ0v) is 25.4. The van der Waals surface area contributed by atoms with E-state index in [1.165, 1.54) is 16.7 Å². The van der Waals surface area contributed by atoms with Gasteiger partial charge in [-0.3, -0.25) is 0 Å². The van der Waals surface area contributed by atoms with Crippen molar-refractivity contribution in [1.29, 1.82) is 0 Å². The van der Waals surface area contributed by atoms with Crippen molar-refractivity contribution in [1.82, 2.24) is 0 Å². The highest BCUT2D eigenvalue weighted by Crippen LogP contribution is 2.59. The lowest BCUT2D eigenvalue weighted by molar-refractivity contribution is -0.00476. The minimum Gasteiger partial charge on any atom is -0.513 e. The van der Waals surface area contributed by atoms with E-state index in [2.05, 4.69) is 38.1 Å². The highest BCUT2D eigenvalue weighted by atomic mass is 16.6. The minimum absolute atomic E-state index is 0.107. The van der Waals surface area contributed by atoms with Crippen molar-refractivity contribution < 1.29 is 29.2 Å². The second-order valence-electron chi connectivity index (χ2n) is 12.4. The quantitative estimate of drug-likeness (QED) is 0.122. The molecule has 3 aliphatic carbocycles. The van der Waals surface area contributed by atoms with E-state index in [-0.39, 0.29) is 11.5 Å². The fourth-order valence-electron chi connectivity index (χ4n) is 7.34. The standard InChI is InChI=1S/C35H52O6/c1-26(36)23-30-24-29(34-31(27(30)2)14-15-35(3)32(34)12-13-33(35)37)11-7-8-16-38-17-18-39-19-20-40-21-22-41-25-28-9-5-4-6-10-28/h4-6,9-10,14-15,23,29,31-34,36-37H,7-8,11-13,16-22,24-25H2,1-3H3/b26-23+/t29-,31-,32+,33+,34-,35+/m1/s1. The number of aliphatic hydroxyl groups excluding tert-OH is 2. The maximum absolute atomic E-state index is 10.8. The third-order valence-corrected chi connectivity index (χ3v) is 9.57. The first-order valence-electron chi connectivity index (χ1n) is 15.7. The fraction of sp³-hybridized carbons (Fsp3) is 0.657. The lowest BCUT2D eigenvalue weighted by Gasteiger charge is -2.50. The number of fused-ring (bicyclic) bond motifs is 3. The Morgan fingerprint density at radius 1 is 0.927 bits per heavy atom. The molecule has 6 heteroatoms. The lowest BCUT2D eigenvalue weighted by Crippen LogP contribution is -2.45. The van der Waals surface area contributed by atoms with Crippen molar-refractivity contribution in [2.45, 2.75) is 72.0 Å². The Morgan fingerprint density at radius 3 is 2.27 bits per heavy atom. The highest BCUT2D eigenvalue weighted by Gasteiger charge is 2.54. The molecule has 0 heterocycles. The molecular formula is C35H52O6. The molecule has 2 N–H and O–H groups in total. The molecule has 0 aliphatic heterocycles. The summed E-state index contributed by atoms with van der Waals surface area (Å²) in [4.78, 5) is 0. The third-order valence-electron chi connectivity index (χ3n) is 9.57. The van der Waals surface area contributed by atoms with Gasteiger partial charge in [-0.25, -0.2) is 0 Å². The van der Waals surface area contributed by atoms with Gasteiger partial charge in [0.2, 0.25) is 0 Å². The van der Waals surface area contributed by atoms with E-state index in [9.17, 15) is 10.2 Å². The molecule has 0 unspecified atom stereocenters. The van der Waals surface area contributed by atoms with Crippen LogP contribution in [0.15, 0.2) is 65.5 Å². The Kier molecular flexibility index (Phi) is 12.5. The number of ether oxygens (including phenoxy) is 4. The van der Waals surface area contributed by atoms with Gasteiger partial charge < -0.3 is 29.2 Å². The van der Waals surface area contributed by atoms with Crippen LogP contribution in [0.1, 0.15) is 64.9 Å². The Balaban J connectivity index is 1.08. The Hall–Kier alpha value is -1.96. The van der Waals surface area contributed by atoms with Gasteiger partial charge in [-0.1, -0.05) is 61.4 Å². The summed E-state index contributed by atoms with van der Waals surface area (Å²) in [5.74, 6) is 2.42. The SMILES string of the molecule is CC1=C(/C=C(\C)O)C[C@@H](CCCCOCCOCCOCCOCc2ccccc2)[C@@H]2[C@@H]1C=C[C@]1(C)[C@@H](O)CC[C@@H]21. The summed E-state index contributed by atoms with van der Waals surface area (Å²) >= 11 is 0. The van der Waals surface area contributed by atoms with Crippen molar-refractivity contribution in [2.75, 3.05) is 46.2 Å². The summed E-state index contributed by atoms with van der Waals surface area (Å²) in [6, 6.07) is 10.1. The molecule has 6 atom stereocenters. The van der Waals surface area contributed by atoms with Crippen LogP contribution >= 0.6 is 0 Å². The van der Waals surface area contributed by atoms with Gasteiger partial charge in [0, 0.05) is 17.9 Å². The molecule has 0 saturated heterocycles. The number of allylic oxidation sites excluding steroid dienone is 5. The average molecular weight is 569 g/mol. The normalized spacial score (nSPS) is 29.6. The van der Waals surface area contributed by atoms with Crippen LogP contribution in [0.2, 0.25) is 0 Å². The van der Waals surface area contributed by atoms with Gasteiger partial charge in [0.1, 0.15) is 0 Å². The fourth-order valence-corrected chi connectivity index (χ4v) is 7.34. The van der Waals surface area contributed by atoms with E-state index in [1.54, 1.807) is 6.92 Å². The molecule has 1 fully saturated rings. The second-order valence-corrected chi connectivity index (χ2v) is 12.4. The molecule has 0 spiro atoms. The van der Waals surface area contributed by atoms with Crippen LogP contribution in [0, 0.1) is 29.1 Å². The molecule has 1 aromatic carbocycles. The van der Waals surface area contributed by atoms with Gasteiger partial charge in [-0.05, 0) is 80.9 Å². The Bertz CT molecular complexity index is 1010. The van der Waals surface area contributed by atoms with Crippen LogP contribution in [0.3, 0.4) is 0 Å². The van der Waals surface area contributed by atoms with Gasteiger partial charge in [0.15, 0.2) is 0 Å². The smallest absolute Gasteiger partial charge is 0.0894 e. The molecule has 1 saturated carbocycles. The van der Waals surface area contributed by atoms with Crippen LogP contribution in [0.4, 0.5) is 0 Å². The summed E-state index contributed by atoms with van der Waals surface area (Å²) < 4.78 is 22.7. The monoisotopic (exact) mass is 568 g/mol. The van der Waals surface area contributed by atoms with Gasteiger partial charge >= 0.3 is 0 Å². The molecule has 0 amide bonds. The van der Waals surface area contributed by atoms with Crippen molar-refractivity contribution in [3.63, 3.8) is 0 Å². The molecule has 3 aliphatic rings. The number of hydrogen-bond acceptors (Lipinski definition) is 6. The molecule has 0 bridgehead atoms. The van der Waals surface area contributed by atoms with E-state index in [0.29, 0.717) is 75.7 Å². The van der Waals surface area contributed by atoms with E-state index < -0.39 is 0 Å². The van der Waals surface area contributed by atoms with Gasteiger partial charge in [0.05, 0.1) is 58.1 Å². The van der Waals surface area contributed by atoms with Crippen LogP contribution in [-0.4, -0.2) is 62.6 Å². The first-order valence-corrected chi connectivity index (χ1v) is 15.7. The van der Waals surface area contributed by atoms with E-state index in [1.807, 2.05) is 24.3 Å². The van der Waals surface area contributed by atoms with Crippen LogP contribution in [0.25, 0.3) is 0 Å². The van der Waals surface area contributed by atoms with E-state index >= 15 is 0 Å². The molecule has 228 valence electrons. The Labute approximate surface area is 247 Å². The zero-order chi connectivity index (χ0) is 29.1. The van der Waals surface area contributed by atoms with Crippen LogP contribution < -0.4 is 0 Å². The molecular weight excluding hydrogens is 516 g/mol. The summed E-state index contributed by atoms with van der Waals surface area (Å²) in [5, 5.41) is 20.8. The summed E-state index contributed by atoms with van der Waals surface area (Å²) in [6.45, 7) is 11.1. The molecule has 6 nitrogen and oxygen atoms in total. The molecule has 4 rings (SSSR count). The minimum atomic E-state index is -0.239. The molecule has 41 heavy (non-hydrogen) atoms. The van der Waals surface area contributed by atoms with Crippen molar-refractivity contribution in [3.05, 3.63) is 71.0 Å².